The molecule has 0 unspecified atom stereocenters. The number of nitrogens with two attached hydrogens (primary N) is 2. The first kappa shape index (κ1) is 18.4. The summed E-state index contributed by atoms with van der Waals surface area (Å²) in [5.74, 6) is 0.556. The zero-order valence-electron chi connectivity index (χ0n) is 15.4. The summed E-state index contributed by atoms with van der Waals surface area (Å²) >= 11 is 0. The smallest absolute Gasteiger partial charge is 0.254 e. The van der Waals surface area contributed by atoms with Gasteiger partial charge in [0.25, 0.3) is 5.91 Å². The number of carbonyl (C=O) groups excluding carboxylic acids is 1. The Balaban J connectivity index is 1.78. The molecule has 138 valence electrons. The van der Waals surface area contributed by atoms with Gasteiger partial charge in [0.2, 0.25) is 0 Å². The molecule has 6 heteroatoms. The third-order valence-electron chi connectivity index (χ3n) is 4.75. The Bertz CT molecular complexity index is 764. The highest BCUT2D eigenvalue weighted by Crippen LogP contribution is 2.28. The number of aromatic nitrogens is 1. The van der Waals surface area contributed by atoms with Crippen molar-refractivity contribution in [2.45, 2.75) is 26.4 Å². The van der Waals surface area contributed by atoms with Crippen LogP contribution in [0.15, 0.2) is 30.3 Å². The van der Waals surface area contributed by atoms with Gasteiger partial charge in [-0.05, 0) is 56.1 Å². The summed E-state index contributed by atoms with van der Waals surface area (Å²) in [5.41, 5.74) is 16.1. The van der Waals surface area contributed by atoms with Crippen LogP contribution in [-0.4, -0.2) is 48.1 Å². The standard InChI is InChI=1S/C20H26N4O2/c1-13-11-18(22)23-14(2)19(13)15-3-5-16(6-4-15)20(25)24-9-10-26-17(12-24)7-8-21/h3-6,11,17H,7-10,12,21H2,1-2H3,(H2,22,23)/t17-/m0/s1. The average Bonchev–Trinajstić information content (AvgIpc) is 2.61. The molecule has 2 heterocycles. The minimum Gasteiger partial charge on any atom is -0.384 e. The second kappa shape index (κ2) is 7.85. The molecule has 0 aliphatic carbocycles. The van der Waals surface area contributed by atoms with Gasteiger partial charge in [0, 0.05) is 29.9 Å². The lowest BCUT2D eigenvalue weighted by Crippen LogP contribution is -2.46. The third-order valence-corrected chi connectivity index (χ3v) is 4.75. The number of pyridine rings is 1. The number of nitrogens with zero attached hydrogens (tertiary/aromatic N) is 2. The third kappa shape index (κ3) is 3.86. The Hall–Kier alpha value is -2.44. The molecular weight excluding hydrogens is 328 g/mol. The second-order valence-corrected chi connectivity index (χ2v) is 6.72. The van der Waals surface area contributed by atoms with Gasteiger partial charge in [-0.1, -0.05) is 12.1 Å². The van der Waals surface area contributed by atoms with Gasteiger partial charge in [-0.15, -0.1) is 0 Å². The summed E-state index contributed by atoms with van der Waals surface area (Å²) in [6, 6.07) is 9.56. The number of amides is 1. The van der Waals surface area contributed by atoms with E-state index in [1.165, 1.54) is 0 Å². The van der Waals surface area contributed by atoms with E-state index in [2.05, 4.69) is 4.98 Å². The molecule has 1 aliphatic heterocycles. The Kier molecular flexibility index (Phi) is 5.54. The topological polar surface area (TPSA) is 94.5 Å². The first-order chi connectivity index (χ1) is 12.5. The van der Waals surface area contributed by atoms with Crippen LogP contribution in [0.25, 0.3) is 11.1 Å². The SMILES string of the molecule is Cc1cc(N)nc(C)c1-c1ccc(C(=O)N2CCO[C@@H](CCN)C2)cc1. The molecular formula is C20H26N4O2. The van der Waals surface area contributed by atoms with Crippen LogP contribution in [0.5, 0.6) is 0 Å². The van der Waals surface area contributed by atoms with E-state index in [1.54, 1.807) is 0 Å². The molecule has 0 saturated carbocycles. The summed E-state index contributed by atoms with van der Waals surface area (Å²) in [7, 11) is 0. The predicted octanol–water partition coefficient (Wildman–Crippen LogP) is 2.14. The molecule has 1 atom stereocenters. The number of hydrogen-bond donors (Lipinski definition) is 2. The number of anilines is 1. The van der Waals surface area contributed by atoms with Crippen LogP contribution in [-0.2, 0) is 4.74 Å². The lowest BCUT2D eigenvalue weighted by molar-refractivity contribution is -0.0236. The van der Waals surface area contributed by atoms with E-state index in [1.807, 2.05) is 49.1 Å². The molecule has 1 aromatic heterocycles. The van der Waals surface area contributed by atoms with Crippen LogP contribution in [0, 0.1) is 13.8 Å². The van der Waals surface area contributed by atoms with Crippen molar-refractivity contribution in [2.24, 2.45) is 5.73 Å². The Morgan fingerprint density at radius 3 is 2.69 bits per heavy atom. The van der Waals surface area contributed by atoms with E-state index in [9.17, 15) is 4.79 Å². The highest BCUT2D eigenvalue weighted by Gasteiger charge is 2.24. The van der Waals surface area contributed by atoms with Gasteiger partial charge in [0.15, 0.2) is 0 Å². The van der Waals surface area contributed by atoms with Crippen molar-refractivity contribution in [2.75, 3.05) is 32.0 Å². The monoisotopic (exact) mass is 354 g/mol. The highest BCUT2D eigenvalue weighted by atomic mass is 16.5. The zero-order chi connectivity index (χ0) is 18.7. The van der Waals surface area contributed by atoms with Gasteiger partial charge < -0.3 is 21.1 Å². The fraction of sp³-hybridized carbons (Fsp3) is 0.400. The Labute approximate surface area is 154 Å². The molecule has 2 aromatic rings. The van der Waals surface area contributed by atoms with Gasteiger partial charge in [0.1, 0.15) is 5.82 Å². The zero-order valence-corrected chi connectivity index (χ0v) is 15.4. The number of benzene rings is 1. The first-order valence-corrected chi connectivity index (χ1v) is 8.94. The van der Waals surface area contributed by atoms with E-state index in [0.717, 1.165) is 28.8 Å². The molecule has 26 heavy (non-hydrogen) atoms. The van der Waals surface area contributed by atoms with Crippen molar-refractivity contribution in [1.82, 2.24) is 9.88 Å². The first-order valence-electron chi connectivity index (χ1n) is 8.94. The summed E-state index contributed by atoms with van der Waals surface area (Å²) in [6.07, 6.45) is 0.800. The molecule has 0 bridgehead atoms. The molecule has 1 aromatic carbocycles. The van der Waals surface area contributed by atoms with Gasteiger partial charge in [-0.2, -0.15) is 0 Å². The fourth-order valence-electron chi connectivity index (χ4n) is 3.52. The number of rotatable bonds is 4. The Morgan fingerprint density at radius 1 is 1.31 bits per heavy atom. The van der Waals surface area contributed by atoms with Gasteiger partial charge in [0.05, 0.1) is 12.7 Å². The molecule has 0 spiro atoms. The number of nitrogen functional groups attached to an aromatic ring is 1. The lowest BCUT2D eigenvalue weighted by atomic mass is 9.98. The maximum absolute atomic E-state index is 12.8. The molecule has 6 nitrogen and oxygen atoms in total. The van der Waals surface area contributed by atoms with Crippen molar-refractivity contribution < 1.29 is 9.53 Å². The molecule has 4 N–H and O–H groups in total. The maximum atomic E-state index is 12.8. The molecule has 1 amide bonds. The number of aryl methyl sites for hydroxylation is 2. The lowest BCUT2D eigenvalue weighted by Gasteiger charge is -2.33. The number of ether oxygens (including phenoxy) is 1. The maximum Gasteiger partial charge on any atom is 0.254 e. The van der Waals surface area contributed by atoms with Gasteiger partial charge in [-0.25, -0.2) is 4.98 Å². The molecule has 1 saturated heterocycles. The summed E-state index contributed by atoms with van der Waals surface area (Å²) < 4.78 is 5.66. The van der Waals surface area contributed by atoms with E-state index in [0.29, 0.717) is 37.6 Å². The molecule has 0 radical (unpaired) electrons. The average molecular weight is 354 g/mol. The van der Waals surface area contributed by atoms with Crippen molar-refractivity contribution in [3.05, 3.63) is 47.2 Å². The quantitative estimate of drug-likeness (QED) is 0.877. The predicted molar refractivity (Wildman–Crippen MR) is 103 cm³/mol. The van der Waals surface area contributed by atoms with E-state index in [4.69, 9.17) is 16.2 Å². The van der Waals surface area contributed by atoms with Crippen LogP contribution in [0.3, 0.4) is 0 Å². The second-order valence-electron chi connectivity index (χ2n) is 6.72. The van der Waals surface area contributed by atoms with Crippen LogP contribution in [0.2, 0.25) is 0 Å². The number of hydrogen-bond acceptors (Lipinski definition) is 5. The molecule has 1 fully saturated rings. The van der Waals surface area contributed by atoms with Crippen LogP contribution in [0.4, 0.5) is 5.82 Å². The van der Waals surface area contributed by atoms with Crippen molar-refractivity contribution in [3.8, 4) is 11.1 Å². The Morgan fingerprint density at radius 2 is 2.04 bits per heavy atom. The van der Waals surface area contributed by atoms with E-state index >= 15 is 0 Å². The van der Waals surface area contributed by atoms with Crippen LogP contribution < -0.4 is 11.5 Å². The molecule has 1 aliphatic rings. The summed E-state index contributed by atoms with van der Waals surface area (Å²) in [4.78, 5) is 19.0. The van der Waals surface area contributed by atoms with Crippen molar-refractivity contribution >= 4 is 11.7 Å². The van der Waals surface area contributed by atoms with Crippen LogP contribution >= 0.6 is 0 Å². The van der Waals surface area contributed by atoms with Crippen molar-refractivity contribution in [1.29, 1.82) is 0 Å². The fourth-order valence-corrected chi connectivity index (χ4v) is 3.52. The van der Waals surface area contributed by atoms with Gasteiger partial charge >= 0.3 is 0 Å². The van der Waals surface area contributed by atoms with E-state index < -0.39 is 0 Å². The number of morpholine rings is 1. The van der Waals surface area contributed by atoms with Crippen molar-refractivity contribution in [3.63, 3.8) is 0 Å². The van der Waals surface area contributed by atoms with Gasteiger partial charge in [-0.3, -0.25) is 4.79 Å². The summed E-state index contributed by atoms with van der Waals surface area (Å²) in [5, 5.41) is 0. The minimum absolute atomic E-state index is 0.0307. The largest absolute Gasteiger partial charge is 0.384 e. The van der Waals surface area contributed by atoms with Crippen LogP contribution in [0.1, 0.15) is 28.0 Å². The number of carbonyl (C=O) groups is 1. The van der Waals surface area contributed by atoms with E-state index in [-0.39, 0.29) is 12.0 Å². The minimum atomic E-state index is 0.0307. The normalized spacial score (nSPS) is 17.3. The summed E-state index contributed by atoms with van der Waals surface area (Å²) in [6.45, 7) is 6.30. The highest BCUT2D eigenvalue weighted by molar-refractivity contribution is 5.95. The molecule has 3 rings (SSSR count).